The van der Waals surface area contributed by atoms with Crippen LogP contribution in [0.2, 0.25) is 0 Å². The van der Waals surface area contributed by atoms with Crippen LogP contribution in [0, 0.1) is 0 Å². The summed E-state index contributed by atoms with van der Waals surface area (Å²) in [4.78, 5) is 12.3. The summed E-state index contributed by atoms with van der Waals surface area (Å²) in [5.74, 6) is -0.145. The molecule has 0 aromatic heterocycles. The summed E-state index contributed by atoms with van der Waals surface area (Å²) in [6.45, 7) is 4.16. The van der Waals surface area contributed by atoms with Crippen LogP contribution in [0.5, 0.6) is 0 Å². The van der Waals surface area contributed by atoms with Gasteiger partial charge in [0.15, 0.2) is 0 Å². The SMILES string of the molecule is CCCCCCCCCCCCCCCCC(O)C(O)C(CO)NC(=O)CCCCCCCCCCCCCC. The van der Waals surface area contributed by atoms with E-state index in [1.54, 1.807) is 0 Å². The van der Waals surface area contributed by atoms with Crippen molar-refractivity contribution in [1.29, 1.82) is 0 Å². The fourth-order valence-corrected chi connectivity index (χ4v) is 5.63. The van der Waals surface area contributed by atoms with E-state index in [4.69, 9.17) is 0 Å². The third-order valence-electron chi connectivity index (χ3n) is 8.46. The molecule has 5 nitrogen and oxygen atoms in total. The summed E-state index contributed by atoms with van der Waals surface area (Å²) in [6.07, 6.45) is 31.9. The molecular formula is C35H71NO4. The Kier molecular flexibility index (Phi) is 30.8. The van der Waals surface area contributed by atoms with Gasteiger partial charge < -0.3 is 20.6 Å². The molecule has 3 unspecified atom stereocenters. The maximum atomic E-state index is 12.3. The minimum atomic E-state index is -1.13. The molecule has 0 aliphatic carbocycles. The number of hydrogen-bond acceptors (Lipinski definition) is 4. The van der Waals surface area contributed by atoms with Gasteiger partial charge in [-0.25, -0.2) is 0 Å². The molecule has 0 aliphatic rings. The first-order chi connectivity index (χ1) is 19.6. The molecule has 0 aromatic carbocycles. The number of aliphatic hydroxyl groups excluding tert-OH is 3. The Balaban J connectivity index is 3.68. The molecule has 1 amide bonds. The van der Waals surface area contributed by atoms with Gasteiger partial charge in [0.2, 0.25) is 5.91 Å². The molecule has 0 spiro atoms. The molecule has 4 N–H and O–H groups in total. The second kappa shape index (κ2) is 31.3. The zero-order valence-corrected chi connectivity index (χ0v) is 27.0. The van der Waals surface area contributed by atoms with Gasteiger partial charge in [0.1, 0.15) is 6.10 Å². The van der Waals surface area contributed by atoms with E-state index in [0.29, 0.717) is 12.8 Å². The highest BCUT2D eigenvalue weighted by atomic mass is 16.3. The molecule has 3 atom stereocenters. The fourth-order valence-electron chi connectivity index (χ4n) is 5.63. The number of carbonyl (C=O) groups excluding carboxylic acids is 1. The van der Waals surface area contributed by atoms with Gasteiger partial charge in [0, 0.05) is 6.42 Å². The second-order valence-electron chi connectivity index (χ2n) is 12.4. The Bertz CT molecular complexity index is 516. The smallest absolute Gasteiger partial charge is 0.220 e. The Morgan fingerprint density at radius 1 is 0.525 bits per heavy atom. The maximum Gasteiger partial charge on any atom is 0.220 e. The van der Waals surface area contributed by atoms with Crippen LogP contribution < -0.4 is 5.32 Å². The molecule has 0 bridgehead atoms. The Morgan fingerprint density at radius 3 is 1.20 bits per heavy atom. The molecule has 240 valence electrons. The van der Waals surface area contributed by atoms with Crippen molar-refractivity contribution < 1.29 is 20.1 Å². The minimum absolute atomic E-state index is 0.145. The summed E-state index contributed by atoms with van der Waals surface area (Å²) in [5.41, 5.74) is 0. The van der Waals surface area contributed by atoms with Gasteiger partial charge in [-0.15, -0.1) is 0 Å². The van der Waals surface area contributed by atoms with Crippen molar-refractivity contribution in [2.45, 2.75) is 212 Å². The number of unbranched alkanes of at least 4 members (excludes halogenated alkanes) is 24. The van der Waals surface area contributed by atoms with Crippen LogP contribution >= 0.6 is 0 Å². The first-order valence-corrected chi connectivity index (χ1v) is 17.8. The van der Waals surface area contributed by atoms with Crippen LogP contribution in [0.4, 0.5) is 0 Å². The lowest BCUT2D eigenvalue weighted by Crippen LogP contribution is -2.50. The van der Waals surface area contributed by atoms with Crippen molar-refractivity contribution in [3.63, 3.8) is 0 Å². The monoisotopic (exact) mass is 570 g/mol. The normalized spacial score (nSPS) is 13.8. The number of hydrogen-bond donors (Lipinski definition) is 4. The lowest BCUT2D eigenvalue weighted by atomic mass is 9.99. The first-order valence-electron chi connectivity index (χ1n) is 17.8. The van der Waals surface area contributed by atoms with E-state index in [1.807, 2.05) is 0 Å². The minimum Gasteiger partial charge on any atom is -0.394 e. The van der Waals surface area contributed by atoms with Gasteiger partial charge in [-0.2, -0.15) is 0 Å². The van der Waals surface area contributed by atoms with Crippen molar-refractivity contribution in [3.05, 3.63) is 0 Å². The van der Waals surface area contributed by atoms with Crippen molar-refractivity contribution in [1.82, 2.24) is 5.32 Å². The lowest BCUT2D eigenvalue weighted by molar-refractivity contribution is -0.124. The number of carbonyl (C=O) groups is 1. The van der Waals surface area contributed by atoms with Crippen LogP contribution in [-0.2, 0) is 4.79 Å². The van der Waals surface area contributed by atoms with Gasteiger partial charge in [-0.3, -0.25) is 4.79 Å². The van der Waals surface area contributed by atoms with E-state index < -0.39 is 18.2 Å². The summed E-state index contributed by atoms with van der Waals surface area (Å²) in [6, 6.07) is -0.800. The Morgan fingerprint density at radius 2 is 0.850 bits per heavy atom. The van der Waals surface area contributed by atoms with Gasteiger partial charge in [0.25, 0.3) is 0 Å². The van der Waals surface area contributed by atoms with E-state index in [2.05, 4.69) is 19.2 Å². The zero-order valence-electron chi connectivity index (χ0n) is 27.0. The summed E-state index contributed by atoms with van der Waals surface area (Å²) in [7, 11) is 0. The van der Waals surface area contributed by atoms with Crippen molar-refractivity contribution in [2.24, 2.45) is 0 Å². The van der Waals surface area contributed by atoms with Crippen LogP contribution in [0.1, 0.15) is 194 Å². The number of rotatable bonds is 32. The van der Waals surface area contributed by atoms with Crippen LogP contribution in [0.25, 0.3) is 0 Å². The molecule has 5 heteroatoms. The predicted molar refractivity (Wildman–Crippen MR) is 172 cm³/mol. The van der Waals surface area contributed by atoms with Crippen molar-refractivity contribution >= 4 is 5.91 Å². The maximum absolute atomic E-state index is 12.3. The molecule has 0 saturated heterocycles. The van der Waals surface area contributed by atoms with Crippen molar-refractivity contribution in [3.8, 4) is 0 Å². The number of nitrogens with one attached hydrogen (secondary N) is 1. The summed E-state index contributed by atoms with van der Waals surface area (Å²) in [5, 5.41) is 33.3. The average molecular weight is 570 g/mol. The molecule has 0 aliphatic heterocycles. The second-order valence-corrected chi connectivity index (χ2v) is 12.4. The highest BCUT2D eigenvalue weighted by Gasteiger charge is 2.26. The average Bonchev–Trinajstić information content (AvgIpc) is 2.96. The van der Waals surface area contributed by atoms with Gasteiger partial charge in [-0.1, -0.05) is 174 Å². The molecule has 0 rings (SSSR count). The highest BCUT2D eigenvalue weighted by molar-refractivity contribution is 5.76. The van der Waals surface area contributed by atoms with E-state index in [9.17, 15) is 20.1 Å². The Labute approximate surface area is 249 Å². The van der Waals surface area contributed by atoms with E-state index in [-0.39, 0.29) is 12.5 Å². The largest absolute Gasteiger partial charge is 0.394 e. The Hall–Kier alpha value is -0.650. The third-order valence-corrected chi connectivity index (χ3v) is 8.46. The van der Waals surface area contributed by atoms with Crippen molar-refractivity contribution in [2.75, 3.05) is 6.61 Å². The first kappa shape index (κ1) is 39.4. The van der Waals surface area contributed by atoms with E-state index in [0.717, 1.165) is 32.1 Å². The molecule has 0 fully saturated rings. The fraction of sp³-hybridized carbons (Fsp3) is 0.971. The van der Waals surface area contributed by atoms with Gasteiger partial charge >= 0.3 is 0 Å². The van der Waals surface area contributed by atoms with Crippen LogP contribution in [0.3, 0.4) is 0 Å². The van der Waals surface area contributed by atoms with Gasteiger partial charge in [0.05, 0.1) is 18.8 Å². The zero-order chi connectivity index (χ0) is 29.5. The lowest BCUT2D eigenvalue weighted by Gasteiger charge is -2.26. The molecule has 0 radical (unpaired) electrons. The number of aliphatic hydroxyl groups is 3. The standard InChI is InChI=1S/C35H71NO4/c1-3-5-7-9-11-13-15-17-18-19-21-23-25-27-29-33(38)35(40)32(31-37)36-34(39)30-28-26-24-22-20-16-14-12-10-8-6-4-2/h32-33,35,37-38,40H,3-31H2,1-2H3,(H,36,39). The molecule has 0 saturated carbocycles. The summed E-state index contributed by atoms with van der Waals surface area (Å²) < 4.78 is 0. The molecule has 0 aromatic rings. The molecule has 40 heavy (non-hydrogen) atoms. The third kappa shape index (κ3) is 26.3. The van der Waals surface area contributed by atoms with Crippen LogP contribution in [0.15, 0.2) is 0 Å². The summed E-state index contributed by atoms with van der Waals surface area (Å²) >= 11 is 0. The van der Waals surface area contributed by atoms with Gasteiger partial charge in [-0.05, 0) is 12.8 Å². The predicted octanol–water partition coefficient (Wildman–Crippen LogP) is 9.15. The van der Waals surface area contributed by atoms with Crippen LogP contribution in [-0.4, -0.2) is 46.1 Å². The molecular weight excluding hydrogens is 498 g/mol. The van der Waals surface area contributed by atoms with E-state index in [1.165, 1.54) is 135 Å². The molecule has 0 heterocycles. The topological polar surface area (TPSA) is 89.8 Å². The number of amides is 1. The highest BCUT2D eigenvalue weighted by Crippen LogP contribution is 2.16. The van der Waals surface area contributed by atoms with E-state index >= 15 is 0 Å². The quantitative estimate of drug-likeness (QED) is 0.0608.